The van der Waals surface area contributed by atoms with Gasteiger partial charge in [-0.1, -0.05) is 82.2 Å². The van der Waals surface area contributed by atoms with Crippen molar-refractivity contribution in [3.63, 3.8) is 0 Å². The Morgan fingerprint density at radius 3 is 2.21 bits per heavy atom. The van der Waals surface area contributed by atoms with E-state index in [2.05, 4.69) is 51.1 Å². The topological polar surface area (TPSA) is 26.0 Å². The van der Waals surface area contributed by atoms with Crippen LogP contribution in [0.5, 0.6) is 0 Å². The Morgan fingerprint density at radius 1 is 1.21 bits per heavy atom. The van der Waals surface area contributed by atoms with Crippen molar-refractivity contribution in [2.45, 2.75) is 46.5 Å². The molecule has 0 aliphatic heterocycles. The molecule has 0 fully saturated rings. The van der Waals surface area contributed by atoms with Gasteiger partial charge in [0.2, 0.25) is 0 Å². The van der Waals surface area contributed by atoms with Gasteiger partial charge in [0, 0.05) is 5.41 Å². The highest BCUT2D eigenvalue weighted by atomic mass is 32.1. The number of hydrogen-bond acceptors (Lipinski definition) is 1. The highest BCUT2D eigenvalue weighted by molar-refractivity contribution is 7.80. The van der Waals surface area contributed by atoms with E-state index in [1.165, 1.54) is 24.0 Å². The molecule has 2 N–H and O–H groups in total. The fourth-order valence-corrected chi connectivity index (χ4v) is 2.13. The molecule has 0 aromatic heterocycles. The lowest BCUT2D eigenvalue weighted by atomic mass is 9.86. The molecule has 1 aromatic rings. The third-order valence-electron chi connectivity index (χ3n) is 3.62. The van der Waals surface area contributed by atoms with Crippen LogP contribution in [0.3, 0.4) is 0 Å². The van der Waals surface area contributed by atoms with Crippen molar-refractivity contribution < 1.29 is 0 Å². The number of unbranched alkanes of at least 4 members (excludes halogenated alkanes) is 1. The van der Waals surface area contributed by atoms with Gasteiger partial charge in [-0.05, 0) is 24.0 Å². The lowest BCUT2D eigenvalue weighted by Gasteiger charge is -2.22. The van der Waals surface area contributed by atoms with Crippen molar-refractivity contribution in [3.8, 4) is 0 Å². The minimum atomic E-state index is -0.0134. The molecule has 2 heteroatoms. The maximum absolute atomic E-state index is 5.77. The Bertz CT molecular complexity index is 434. The maximum atomic E-state index is 5.77. The van der Waals surface area contributed by atoms with Gasteiger partial charge in [-0.2, -0.15) is 0 Å². The average Bonchev–Trinajstić information content (AvgIpc) is 2.84. The third kappa shape index (κ3) is 4.46. The number of thiocarbonyl (C=S) groups is 1. The third-order valence-corrected chi connectivity index (χ3v) is 4.11. The van der Waals surface area contributed by atoms with Crippen LogP contribution in [0.4, 0.5) is 0 Å². The molecule has 0 saturated carbocycles. The predicted octanol–water partition coefficient (Wildman–Crippen LogP) is 4.96. The highest BCUT2D eigenvalue weighted by Gasteiger charge is 2.32. The SMILES string of the molecule is CC1(C(N)=S)CC=C(c2ccccc2)C1.CCCC. The number of hydrogen-bond donors (Lipinski definition) is 1. The van der Waals surface area contributed by atoms with E-state index in [0.717, 1.165) is 12.8 Å². The first kappa shape index (κ1) is 15.9. The number of benzene rings is 1. The average molecular weight is 275 g/mol. The fourth-order valence-electron chi connectivity index (χ4n) is 1.97. The van der Waals surface area contributed by atoms with Crippen LogP contribution in [0.25, 0.3) is 5.57 Å². The van der Waals surface area contributed by atoms with Gasteiger partial charge in [-0.3, -0.25) is 0 Å². The lowest BCUT2D eigenvalue weighted by Crippen LogP contribution is -2.30. The Labute approximate surface area is 122 Å². The summed E-state index contributed by atoms with van der Waals surface area (Å²) in [5.74, 6) is 0. The Hall–Kier alpha value is -1.15. The van der Waals surface area contributed by atoms with Crippen molar-refractivity contribution in [1.29, 1.82) is 0 Å². The largest absolute Gasteiger partial charge is 0.393 e. The molecule has 1 atom stereocenters. The molecule has 1 nitrogen and oxygen atoms in total. The Kier molecular flexibility index (Phi) is 6.23. The van der Waals surface area contributed by atoms with E-state index >= 15 is 0 Å². The van der Waals surface area contributed by atoms with E-state index < -0.39 is 0 Å². The van der Waals surface area contributed by atoms with E-state index in [4.69, 9.17) is 18.0 Å². The highest BCUT2D eigenvalue weighted by Crippen LogP contribution is 2.41. The van der Waals surface area contributed by atoms with Crippen molar-refractivity contribution in [1.82, 2.24) is 0 Å². The molecule has 1 aliphatic rings. The van der Waals surface area contributed by atoms with Gasteiger partial charge in [0.15, 0.2) is 0 Å². The second kappa shape index (κ2) is 7.44. The number of rotatable bonds is 3. The van der Waals surface area contributed by atoms with Crippen molar-refractivity contribution >= 4 is 22.8 Å². The fraction of sp³-hybridized carbons (Fsp3) is 0.471. The van der Waals surface area contributed by atoms with Gasteiger partial charge < -0.3 is 5.73 Å². The van der Waals surface area contributed by atoms with Crippen molar-refractivity contribution in [3.05, 3.63) is 42.0 Å². The molecule has 0 radical (unpaired) electrons. The predicted molar refractivity (Wildman–Crippen MR) is 89.1 cm³/mol. The summed E-state index contributed by atoms with van der Waals surface area (Å²) in [4.78, 5) is 0.629. The lowest BCUT2D eigenvalue weighted by molar-refractivity contribution is 0.516. The summed E-state index contributed by atoms with van der Waals surface area (Å²) >= 11 is 5.12. The molecule has 0 spiro atoms. The first-order chi connectivity index (χ1) is 9.03. The van der Waals surface area contributed by atoms with E-state index in [9.17, 15) is 0 Å². The van der Waals surface area contributed by atoms with E-state index in [0.29, 0.717) is 4.99 Å². The zero-order valence-electron chi connectivity index (χ0n) is 12.3. The summed E-state index contributed by atoms with van der Waals surface area (Å²) in [6.45, 7) is 6.50. The second-order valence-corrected chi connectivity index (χ2v) is 5.84. The van der Waals surface area contributed by atoms with E-state index in [1.54, 1.807) is 0 Å². The molecule has 1 aliphatic carbocycles. The van der Waals surface area contributed by atoms with Gasteiger partial charge in [0.1, 0.15) is 0 Å². The van der Waals surface area contributed by atoms with Crippen molar-refractivity contribution in [2.75, 3.05) is 0 Å². The molecular weight excluding hydrogens is 250 g/mol. The molecular formula is C17H25NS. The zero-order valence-corrected chi connectivity index (χ0v) is 13.1. The normalized spacial score (nSPS) is 21.3. The number of nitrogens with two attached hydrogens (primary N) is 1. The Morgan fingerprint density at radius 2 is 1.79 bits per heavy atom. The quantitative estimate of drug-likeness (QED) is 0.789. The van der Waals surface area contributed by atoms with Crippen LogP contribution in [0, 0.1) is 5.41 Å². The minimum Gasteiger partial charge on any atom is -0.393 e. The number of allylic oxidation sites excluding steroid dienone is 2. The second-order valence-electron chi connectivity index (χ2n) is 5.40. The van der Waals surface area contributed by atoms with Gasteiger partial charge in [-0.25, -0.2) is 0 Å². The van der Waals surface area contributed by atoms with Crippen LogP contribution in [0.1, 0.15) is 52.0 Å². The van der Waals surface area contributed by atoms with E-state index in [1.807, 2.05) is 6.07 Å². The minimum absolute atomic E-state index is 0.0134. The summed E-state index contributed by atoms with van der Waals surface area (Å²) < 4.78 is 0. The summed E-state index contributed by atoms with van der Waals surface area (Å²) in [5.41, 5.74) is 8.41. The Balaban J connectivity index is 0.000000399. The van der Waals surface area contributed by atoms with Crippen LogP contribution >= 0.6 is 12.2 Å². The molecule has 19 heavy (non-hydrogen) atoms. The monoisotopic (exact) mass is 275 g/mol. The molecule has 0 amide bonds. The van der Waals surface area contributed by atoms with Gasteiger partial charge in [-0.15, -0.1) is 0 Å². The van der Waals surface area contributed by atoms with Crippen molar-refractivity contribution in [2.24, 2.45) is 11.1 Å². The van der Waals surface area contributed by atoms with Gasteiger partial charge >= 0.3 is 0 Å². The van der Waals surface area contributed by atoms with Gasteiger partial charge in [0.05, 0.1) is 4.99 Å². The summed E-state index contributed by atoms with van der Waals surface area (Å²) in [7, 11) is 0. The zero-order chi connectivity index (χ0) is 14.3. The molecule has 1 aromatic carbocycles. The summed E-state index contributed by atoms with van der Waals surface area (Å²) in [6.07, 6.45) is 6.83. The maximum Gasteiger partial charge on any atom is 0.0793 e. The molecule has 1 unspecified atom stereocenters. The molecule has 0 saturated heterocycles. The molecule has 0 heterocycles. The molecule has 0 bridgehead atoms. The standard InChI is InChI=1S/C13H15NS.C4H10/c1-13(12(14)15)8-7-11(9-13)10-5-3-2-4-6-10;1-3-4-2/h2-7H,8-9H2,1H3,(H2,14,15);3-4H2,1-2H3. The molecule has 2 rings (SSSR count). The smallest absolute Gasteiger partial charge is 0.0793 e. The molecule has 104 valence electrons. The van der Waals surface area contributed by atoms with Crippen LogP contribution < -0.4 is 5.73 Å². The van der Waals surface area contributed by atoms with Crippen LogP contribution in [0.2, 0.25) is 0 Å². The van der Waals surface area contributed by atoms with Gasteiger partial charge in [0.25, 0.3) is 0 Å². The van der Waals surface area contributed by atoms with Crippen LogP contribution in [-0.2, 0) is 0 Å². The summed E-state index contributed by atoms with van der Waals surface area (Å²) in [6, 6.07) is 10.4. The van der Waals surface area contributed by atoms with E-state index in [-0.39, 0.29) is 5.41 Å². The van der Waals surface area contributed by atoms with Crippen LogP contribution in [-0.4, -0.2) is 4.99 Å². The summed E-state index contributed by atoms with van der Waals surface area (Å²) in [5, 5.41) is 0. The first-order valence-electron chi connectivity index (χ1n) is 7.08. The first-order valence-corrected chi connectivity index (χ1v) is 7.48. The van der Waals surface area contributed by atoms with Crippen LogP contribution in [0.15, 0.2) is 36.4 Å².